The Morgan fingerprint density at radius 2 is 1.86 bits per heavy atom. The zero-order chi connectivity index (χ0) is 20.1. The summed E-state index contributed by atoms with van der Waals surface area (Å²) in [6.45, 7) is 7.84. The summed E-state index contributed by atoms with van der Waals surface area (Å²) < 4.78 is 27.1. The molecule has 0 atom stereocenters. The molecule has 1 saturated heterocycles. The van der Waals surface area contributed by atoms with Crippen molar-refractivity contribution >= 4 is 27.3 Å². The molecule has 152 valence electrons. The van der Waals surface area contributed by atoms with E-state index in [2.05, 4.69) is 0 Å². The smallest absolute Gasteiger partial charge is 0.278 e. The van der Waals surface area contributed by atoms with Crippen LogP contribution < -0.4 is 4.90 Å². The van der Waals surface area contributed by atoms with E-state index in [0.717, 1.165) is 10.5 Å². The Morgan fingerprint density at radius 3 is 2.43 bits per heavy atom. The minimum atomic E-state index is -3.46. The monoisotopic (exact) mass is 422 g/mol. The second-order valence-electron chi connectivity index (χ2n) is 7.13. The van der Waals surface area contributed by atoms with Gasteiger partial charge in [0.15, 0.2) is 6.54 Å². The fourth-order valence-corrected chi connectivity index (χ4v) is 5.53. The normalized spacial score (nSPS) is 16.2. The number of thiophene rings is 1. The van der Waals surface area contributed by atoms with E-state index in [0.29, 0.717) is 50.7 Å². The summed E-state index contributed by atoms with van der Waals surface area (Å²) in [5.41, 5.74) is 1.04. The molecule has 0 radical (unpaired) electrons. The van der Waals surface area contributed by atoms with Crippen molar-refractivity contribution in [2.24, 2.45) is 0 Å². The summed E-state index contributed by atoms with van der Waals surface area (Å²) in [5.74, 6) is 0.126. The molecular weight excluding hydrogens is 394 g/mol. The van der Waals surface area contributed by atoms with Crippen molar-refractivity contribution in [3.8, 4) is 0 Å². The number of rotatable bonds is 7. The number of sulfonamides is 1. The molecule has 1 amide bonds. The quantitative estimate of drug-likeness (QED) is 0.724. The van der Waals surface area contributed by atoms with Crippen LogP contribution in [0, 0.1) is 6.92 Å². The molecule has 28 heavy (non-hydrogen) atoms. The number of nitrogens with one attached hydrogen (secondary N) is 1. The van der Waals surface area contributed by atoms with Crippen molar-refractivity contribution < 1.29 is 18.1 Å². The van der Waals surface area contributed by atoms with Gasteiger partial charge in [0.1, 0.15) is 0 Å². The molecule has 0 saturated carbocycles. The summed E-state index contributed by atoms with van der Waals surface area (Å²) in [6.07, 6.45) is 0. The van der Waals surface area contributed by atoms with Crippen molar-refractivity contribution in [3.63, 3.8) is 0 Å². The van der Waals surface area contributed by atoms with Crippen LogP contribution in [-0.4, -0.2) is 62.8 Å². The molecule has 2 heterocycles. The number of nitrogens with zero attached hydrogens (tertiary/aromatic N) is 2. The first-order valence-electron chi connectivity index (χ1n) is 9.60. The molecule has 2 aromatic rings. The Labute approximate surface area is 171 Å². The molecule has 3 rings (SSSR count). The molecule has 6 nitrogen and oxygen atoms in total. The molecule has 1 aliphatic heterocycles. The maximum Gasteiger partial charge on any atom is 0.278 e. The van der Waals surface area contributed by atoms with Gasteiger partial charge in [-0.3, -0.25) is 4.79 Å². The van der Waals surface area contributed by atoms with E-state index in [1.165, 1.54) is 9.18 Å². The van der Waals surface area contributed by atoms with E-state index in [9.17, 15) is 13.2 Å². The molecule has 1 aromatic heterocycles. The molecule has 1 N–H and O–H groups in total. The first-order valence-corrected chi connectivity index (χ1v) is 11.9. The third-order valence-electron chi connectivity index (χ3n) is 5.15. The third-order valence-corrected chi connectivity index (χ3v) is 7.92. The average molecular weight is 423 g/mol. The van der Waals surface area contributed by atoms with Gasteiger partial charge in [0.25, 0.3) is 5.91 Å². The van der Waals surface area contributed by atoms with Gasteiger partial charge in [-0.05, 0) is 37.4 Å². The first kappa shape index (κ1) is 21.0. The Morgan fingerprint density at radius 1 is 1.18 bits per heavy atom. The number of piperazine rings is 1. The lowest BCUT2D eigenvalue weighted by molar-refractivity contribution is -0.896. The minimum Gasteiger partial charge on any atom is -0.333 e. The summed E-state index contributed by atoms with van der Waals surface area (Å²) in [5, 5.41) is 2.02. The molecule has 1 aliphatic rings. The number of likely N-dealkylation sites (N-methyl/N-ethyl adjacent to an activating group) is 1. The van der Waals surface area contributed by atoms with Crippen LogP contribution in [0.1, 0.15) is 17.4 Å². The van der Waals surface area contributed by atoms with Crippen LogP contribution in [0.25, 0.3) is 0 Å². The van der Waals surface area contributed by atoms with E-state index in [-0.39, 0.29) is 5.91 Å². The lowest BCUT2D eigenvalue weighted by atomic mass is 10.2. The van der Waals surface area contributed by atoms with Gasteiger partial charge < -0.3 is 9.80 Å². The number of carbonyl (C=O) groups is 1. The fourth-order valence-electron chi connectivity index (χ4n) is 3.37. The van der Waals surface area contributed by atoms with Gasteiger partial charge in [-0.25, -0.2) is 8.42 Å². The molecule has 0 spiro atoms. The predicted octanol–water partition coefficient (Wildman–Crippen LogP) is 0.994. The zero-order valence-corrected chi connectivity index (χ0v) is 18.1. The van der Waals surface area contributed by atoms with Gasteiger partial charge in [0, 0.05) is 11.4 Å². The second-order valence-corrected chi connectivity index (χ2v) is 10.1. The van der Waals surface area contributed by atoms with Crippen LogP contribution >= 0.6 is 11.3 Å². The molecule has 0 aliphatic carbocycles. The topological polar surface area (TPSA) is 62.1 Å². The predicted molar refractivity (Wildman–Crippen MR) is 111 cm³/mol. The summed E-state index contributed by atoms with van der Waals surface area (Å²) >= 11 is 1.66. The standard InChI is InChI=1S/C20H27N3O3S2/c1-3-22(15-18-5-4-14-27-18)20(24)16-21-10-12-23(13-11-21)28(25,26)19-8-6-17(2)7-9-19/h4-9,14H,3,10-13,15-16H2,1-2H3/p+1. The van der Waals surface area contributed by atoms with Crippen molar-refractivity contribution in [2.75, 3.05) is 39.3 Å². The van der Waals surface area contributed by atoms with E-state index in [1.54, 1.807) is 23.5 Å². The zero-order valence-electron chi connectivity index (χ0n) is 16.4. The highest BCUT2D eigenvalue weighted by Gasteiger charge is 2.31. The number of hydrogen-bond acceptors (Lipinski definition) is 4. The number of quaternary nitrogens is 1. The van der Waals surface area contributed by atoms with E-state index < -0.39 is 10.0 Å². The van der Waals surface area contributed by atoms with Gasteiger partial charge in [-0.2, -0.15) is 4.31 Å². The number of aryl methyl sites for hydroxylation is 1. The van der Waals surface area contributed by atoms with Gasteiger partial charge in [-0.15, -0.1) is 11.3 Å². The minimum absolute atomic E-state index is 0.126. The third kappa shape index (κ3) is 5.00. The maximum absolute atomic E-state index is 12.8. The molecule has 0 unspecified atom stereocenters. The summed E-state index contributed by atoms with van der Waals surface area (Å²) in [7, 11) is -3.46. The highest BCUT2D eigenvalue weighted by molar-refractivity contribution is 7.89. The lowest BCUT2D eigenvalue weighted by Crippen LogP contribution is -3.15. The van der Waals surface area contributed by atoms with Crippen molar-refractivity contribution in [1.82, 2.24) is 9.21 Å². The highest BCUT2D eigenvalue weighted by atomic mass is 32.2. The van der Waals surface area contributed by atoms with Gasteiger partial charge >= 0.3 is 0 Å². The molecule has 0 bridgehead atoms. The Balaban J connectivity index is 1.54. The van der Waals surface area contributed by atoms with E-state index in [1.807, 2.05) is 48.4 Å². The summed E-state index contributed by atoms with van der Waals surface area (Å²) in [4.78, 5) is 17.2. The second kappa shape index (κ2) is 9.17. The average Bonchev–Trinajstić information content (AvgIpc) is 3.20. The van der Waals surface area contributed by atoms with E-state index >= 15 is 0 Å². The largest absolute Gasteiger partial charge is 0.333 e. The molecule has 8 heteroatoms. The highest BCUT2D eigenvalue weighted by Crippen LogP contribution is 2.16. The SMILES string of the molecule is CCN(Cc1cccs1)C(=O)C[NH+]1CCN(S(=O)(=O)c2ccc(C)cc2)CC1. The van der Waals surface area contributed by atoms with Crippen molar-refractivity contribution in [1.29, 1.82) is 0 Å². The first-order chi connectivity index (χ1) is 13.4. The van der Waals surface area contributed by atoms with Gasteiger partial charge in [0.2, 0.25) is 10.0 Å². The summed E-state index contributed by atoms with van der Waals surface area (Å²) in [6, 6.07) is 11.0. The van der Waals surface area contributed by atoms with Crippen LogP contribution in [0.2, 0.25) is 0 Å². The van der Waals surface area contributed by atoms with Crippen LogP contribution in [0.4, 0.5) is 0 Å². The van der Waals surface area contributed by atoms with Gasteiger partial charge in [0.05, 0.1) is 37.6 Å². The van der Waals surface area contributed by atoms with Crippen LogP contribution in [0.15, 0.2) is 46.7 Å². The van der Waals surface area contributed by atoms with Crippen molar-refractivity contribution in [3.05, 3.63) is 52.2 Å². The molecule has 1 aromatic carbocycles. The Hall–Kier alpha value is -1.74. The molecular formula is C20H28N3O3S2+. The number of benzene rings is 1. The Bertz CT molecular complexity index is 872. The number of amides is 1. The number of carbonyl (C=O) groups excluding carboxylic acids is 1. The number of hydrogen-bond donors (Lipinski definition) is 1. The lowest BCUT2D eigenvalue weighted by Gasteiger charge is -2.32. The van der Waals surface area contributed by atoms with Crippen LogP contribution in [0.5, 0.6) is 0 Å². The maximum atomic E-state index is 12.8. The van der Waals surface area contributed by atoms with Crippen LogP contribution in [-0.2, 0) is 21.4 Å². The van der Waals surface area contributed by atoms with Crippen molar-refractivity contribution in [2.45, 2.75) is 25.3 Å². The van der Waals surface area contributed by atoms with Crippen LogP contribution in [0.3, 0.4) is 0 Å². The Kier molecular flexibility index (Phi) is 6.87. The van der Waals surface area contributed by atoms with Gasteiger partial charge in [-0.1, -0.05) is 23.8 Å². The van der Waals surface area contributed by atoms with E-state index in [4.69, 9.17) is 0 Å². The fraction of sp³-hybridized carbons (Fsp3) is 0.450. The molecule has 1 fully saturated rings.